The standard InChI is InChI=1S/C22H25N3O2/c23-14-18-8-10-21(11-9-18)27-17-22(26)24-15-19-6-2-3-7-20(19)16-25-12-4-1-5-13-25/h2-3,6-11H,1,4-5,12-13,15-17H2,(H,24,26). The van der Waals surface area contributed by atoms with Crippen LogP contribution < -0.4 is 10.1 Å². The lowest BCUT2D eigenvalue weighted by Crippen LogP contribution is -2.31. The fourth-order valence-electron chi connectivity index (χ4n) is 3.26. The molecule has 1 aliphatic heterocycles. The number of carbonyl (C=O) groups is 1. The Kier molecular flexibility index (Phi) is 6.84. The Morgan fingerprint density at radius 1 is 1.04 bits per heavy atom. The van der Waals surface area contributed by atoms with Gasteiger partial charge >= 0.3 is 0 Å². The molecule has 1 N–H and O–H groups in total. The quantitative estimate of drug-likeness (QED) is 0.820. The Hall–Kier alpha value is -2.84. The predicted octanol–water partition coefficient (Wildman–Crippen LogP) is 3.24. The van der Waals surface area contributed by atoms with Gasteiger partial charge in [-0.25, -0.2) is 0 Å². The number of rotatable bonds is 7. The Morgan fingerprint density at radius 2 is 1.74 bits per heavy atom. The second kappa shape index (κ2) is 9.75. The van der Waals surface area contributed by atoms with Crippen LogP contribution >= 0.6 is 0 Å². The van der Waals surface area contributed by atoms with Crippen molar-refractivity contribution in [3.8, 4) is 11.8 Å². The first-order valence-electron chi connectivity index (χ1n) is 9.43. The number of nitrogens with zero attached hydrogens (tertiary/aromatic N) is 2. The summed E-state index contributed by atoms with van der Waals surface area (Å²) in [6.45, 7) is 3.70. The van der Waals surface area contributed by atoms with E-state index in [-0.39, 0.29) is 12.5 Å². The third kappa shape index (κ3) is 5.83. The van der Waals surface area contributed by atoms with Crippen molar-refractivity contribution in [2.75, 3.05) is 19.7 Å². The van der Waals surface area contributed by atoms with Crippen molar-refractivity contribution in [3.63, 3.8) is 0 Å². The highest BCUT2D eigenvalue weighted by molar-refractivity contribution is 5.77. The van der Waals surface area contributed by atoms with E-state index in [2.05, 4.69) is 34.5 Å². The molecule has 27 heavy (non-hydrogen) atoms. The molecule has 5 heteroatoms. The largest absolute Gasteiger partial charge is 0.484 e. The topological polar surface area (TPSA) is 65.4 Å². The van der Waals surface area contributed by atoms with Crippen molar-refractivity contribution in [1.82, 2.24) is 10.2 Å². The average molecular weight is 363 g/mol. The summed E-state index contributed by atoms with van der Waals surface area (Å²) in [5.74, 6) is 0.418. The molecule has 0 unspecified atom stereocenters. The van der Waals surface area contributed by atoms with Crippen molar-refractivity contribution in [2.45, 2.75) is 32.4 Å². The van der Waals surface area contributed by atoms with Gasteiger partial charge in [0.2, 0.25) is 0 Å². The van der Waals surface area contributed by atoms with Crippen LogP contribution in [-0.4, -0.2) is 30.5 Å². The van der Waals surface area contributed by atoms with Gasteiger partial charge in [0.1, 0.15) is 5.75 Å². The SMILES string of the molecule is N#Cc1ccc(OCC(=O)NCc2ccccc2CN2CCCCC2)cc1. The van der Waals surface area contributed by atoms with Gasteiger partial charge in [-0.1, -0.05) is 30.7 Å². The van der Waals surface area contributed by atoms with E-state index in [0.29, 0.717) is 17.9 Å². The van der Waals surface area contributed by atoms with Gasteiger partial charge in [-0.2, -0.15) is 5.26 Å². The summed E-state index contributed by atoms with van der Waals surface area (Å²) >= 11 is 0. The molecule has 1 amide bonds. The van der Waals surface area contributed by atoms with E-state index in [0.717, 1.165) is 25.2 Å². The lowest BCUT2D eigenvalue weighted by atomic mass is 10.0. The van der Waals surface area contributed by atoms with Crippen LogP contribution in [0.15, 0.2) is 48.5 Å². The summed E-state index contributed by atoms with van der Waals surface area (Å²) in [4.78, 5) is 14.6. The van der Waals surface area contributed by atoms with Crippen LogP contribution in [0.3, 0.4) is 0 Å². The molecule has 0 aliphatic carbocycles. The van der Waals surface area contributed by atoms with E-state index >= 15 is 0 Å². The number of carbonyl (C=O) groups excluding carboxylic acids is 1. The van der Waals surface area contributed by atoms with Gasteiger partial charge in [-0.05, 0) is 61.3 Å². The van der Waals surface area contributed by atoms with Gasteiger partial charge in [0.25, 0.3) is 5.91 Å². The molecule has 3 rings (SSSR count). The average Bonchev–Trinajstić information content (AvgIpc) is 2.73. The molecule has 1 aliphatic rings. The summed E-state index contributed by atoms with van der Waals surface area (Å²) in [6, 6.07) is 17.1. The molecular weight excluding hydrogens is 338 g/mol. The molecule has 0 radical (unpaired) electrons. The van der Waals surface area contributed by atoms with Crippen LogP contribution in [0.4, 0.5) is 0 Å². The first-order chi connectivity index (χ1) is 13.2. The Balaban J connectivity index is 1.48. The van der Waals surface area contributed by atoms with Crippen molar-refractivity contribution >= 4 is 5.91 Å². The second-order valence-corrected chi connectivity index (χ2v) is 6.81. The van der Waals surface area contributed by atoms with E-state index in [1.54, 1.807) is 24.3 Å². The molecule has 0 aromatic heterocycles. The second-order valence-electron chi connectivity index (χ2n) is 6.81. The number of benzene rings is 2. The lowest BCUT2D eigenvalue weighted by Gasteiger charge is -2.27. The zero-order chi connectivity index (χ0) is 18.9. The first-order valence-corrected chi connectivity index (χ1v) is 9.43. The van der Waals surface area contributed by atoms with Crippen molar-refractivity contribution in [3.05, 3.63) is 65.2 Å². The van der Waals surface area contributed by atoms with E-state index in [1.807, 2.05) is 6.07 Å². The minimum atomic E-state index is -0.160. The first kappa shape index (κ1) is 18.9. The molecule has 2 aromatic rings. The molecule has 0 bridgehead atoms. The highest BCUT2D eigenvalue weighted by atomic mass is 16.5. The number of hydrogen-bond acceptors (Lipinski definition) is 4. The summed E-state index contributed by atoms with van der Waals surface area (Å²) in [7, 11) is 0. The van der Waals surface area contributed by atoms with E-state index < -0.39 is 0 Å². The molecule has 0 atom stereocenters. The number of hydrogen-bond donors (Lipinski definition) is 1. The normalized spacial score (nSPS) is 14.3. The number of nitrogens with one attached hydrogen (secondary N) is 1. The highest BCUT2D eigenvalue weighted by Crippen LogP contribution is 2.16. The molecule has 0 spiro atoms. The molecule has 0 saturated carbocycles. The minimum absolute atomic E-state index is 0.0415. The zero-order valence-corrected chi connectivity index (χ0v) is 15.5. The van der Waals surface area contributed by atoms with Crippen LogP contribution in [0, 0.1) is 11.3 Å². The predicted molar refractivity (Wildman–Crippen MR) is 104 cm³/mol. The fraction of sp³-hybridized carbons (Fsp3) is 0.364. The van der Waals surface area contributed by atoms with Crippen LogP contribution in [0.25, 0.3) is 0 Å². The molecule has 2 aromatic carbocycles. The Morgan fingerprint density at radius 3 is 2.44 bits per heavy atom. The number of piperidine rings is 1. The molecular formula is C22H25N3O2. The van der Waals surface area contributed by atoms with Crippen molar-refractivity contribution in [1.29, 1.82) is 5.26 Å². The molecule has 1 fully saturated rings. The maximum Gasteiger partial charge on any atom is 0.258 e. The zero-order valence-electron chi connectivity index (χ0n) is 15.5. The number of likely N-dealkylation sites (tertiary alicyclic amines) is 1. The third-order valence-electron chi connectivity index (χ3n) is 4.79. The summed E-state index contributed by atoms with van der Waals surface area (Å²) in [5, 5.41) is 11.7. The van der Waals surface area contributed by atoms with Crippen molar-refractivity contribution in [2.24, 2.45) is 0 Å². The molecule has 5 nitrogen and oxygen atoms in total. The number of nitriles is 1. The molecule has 140 valence electrons. The number of ether oxygens (including phenoxy) is 1. The summed E-state index contributed by atoms with van der Waals surface area (Å²) in [5.41, 5.74) is 2.99. The minimum Gasteiger partial charge on any atom is -0.484 e. The summed E-state index contributed by atoms with van der Waals surface area (Å²) in [6.07, 6.45) is 3.87. The van der Waals surface area contributed by atoms with E-state index in [4.69, 9.17) is 10.00 Å². The van der Waals surface area contributed by atoms with Gasteiger partial charge in [0.15, 0.2) is 6.61 Å². The Bertz CT molecular complexity index is 790. The fourth-order valence-corrected chi connectivity index (χ4v) is 3.26. The van der Waals surface area contributed by atoms with Crippen LogP contribution in [0.2, 0.25) is 0 Å². The van der Waals surface area contributed by atoms with Gasteiger partial charge in [0, 0.05) is 13.1 Å². The maximum absolute atomic E-state index is 12.1. The number of amides is 1. The highest BCUT2D eigenvalue weighted by Gasteiger charge is 2.13. The van der Waals surface area contributed by atoms with Gasteiger partial charge in [-0.15, -0.1) is 0 Å². The molecule has 1 saturated heterocycles. The van der Waals surface area contributed by atoms with E-state index in [1.165, 1.54) is 24.8 Å². The summed E-state index contributed by atoms with van der Waals surface area (Å²) < 4.78 is 5.48. The van der Waals surface area contributed by atoms with Crippen LogP contribution in [-0.2, 0) is 17.9 Å². The van der Waals surface area contributed by atoms with Crippen LogP contribution in [0.1, 0.15) is 36.0 Å². The third-order valence-corrected chi connectivity index (χ3v) is 4.79. The lowest BCUT2D eigenvalue weighted by molar-refractivity contribution is -0.123. The Labute approximate surface area is 160 Å². The van der Waals surface area contributed by atoms with Crippen LogP contribution in [0.5, 0.6) is 5.75 Å². The smallest absolute Gasteiger partial charge is 0.258 e. The maximum atomic E-state index is 12.1. The van der Waals surface area contributed by atoms with E-state index in [9.17, 15) is 4.79 Å². The van der Waals surface area contributed by atoms with Crippen molar-refractivity contribution < 1.29 is 9.53 Å². The molecule has 1 heterocycles. The van der Waals surface area contributed by atoms with Gasteiger partial charge in [0.05, 0.1) is 11.6 Å². The monoisotopic (exact) mass is 363 g/mol. The van der Waals surface area contributed by atoms with Gasteiger partial charge < -0.3 is 10.1 Å². The van der Waals surface area contributed by atoms with Gasteiger partial charge in [-0.3, -0.25) is 9.69 Å².